The highest BCUT2D eigenvalue weighted by Gasteiger charge is 2.22. The molecule has 0 N–H and O–H groups in total. The van der Waals surface area contributed by atoms with Gasteiger partial charge in [0.1, 0.15) is 6.61 Å². The monoisotopic (exact) mass is 171 g/mol. The molecule has 0 aromatic rings. The van der Waals surface area contributed by atoms with Gasteiger partial charge >= 0.3 is 0 Å². The van der Waals surface area contributed by atoms with Crippen LogP contribution in [0.2, 0.25) is 0 Å². The Morgan fingerprint density at radius 3 is 2.58 bits per heavy atom. The fraction of sp³-hybridized carbons (Fsp3) is 0.889. The number of methoxy groups -OCH3 is 1. The van der Waals surface area contributed by atoms with E-state index in [-0.39, 0.29) is 18.3 Å². The third kappa shape index (κ3) is 2.57. The van der Waals surface area contributed by atoms with Crippen molar-refractivity contribution in [2.24, 2.45) is 5.92 Å². The summed E-state index contributed by atoms with van der Waals surface area (Å²) in [5, 5.41) is 0. The minimum Gasteiger partial charge on any atom is -0.377 e. The van der Waals surface area contributed by atoms with Crippen LogP contribution in [0.3, 0.4) is 0 Å². The summed E-state index contributed by atoms with van der Waals surface area (Å²) < 4.78 is 4.82. The molecule has 1 aliphatic rings. The molecule has 0 aromatic carbocycles. The van der Waals surface area contributed by atoms with Crippen molar-refractivity contribution in [1.82, 2.24) is 4.90 Å². The van der Waals surface area contributed by atoms with Gasteiger partial charge in [0.15, 0.2) is 5.78 Å². The smallest absolute Gasteiger partial charge is 0.161 e. The molecule has 0 aromatic heterocycles. The Hall–Kier alpha value is -0.410. The molecule has 0 bridgehead atoms. The lowest BCUT2D eigenvalue weighted by molar-refractivity contribution is -0.127. The van der Waals surface area contributed by atoms with E-state index in [0.717, 1.165) is 25.9 Å². The summed E-state index contributed by atoms with van der Waals surface area (Å²) in [5.74, 6) is 0.520. The summed E-state index contributed by atoms with van der Waals surface area (Å²) in [4.78, 5) is 13.6. The number of nitrogens with zero attached hydrogens (tertiary/aromatic N) is 1. The Balaban J connectivity index is 2.29. The topological polar surface area (TPSA) is 29.5 Å². The van der Waals surface area contributed by atoms with Crippen LogP contribution in [-0.2, 0) is 9.53 Å². The van der Waals surface area contributed by atoms with E-state index in [0.29, 0.717) is 0 Å². The molecule has 70 valence electrons. The van der Waals surface area contributed by atoms with Gasteiger partial charge < -0.3 is 9.64 Å². The van der Waals surface area contributed by atoms with Gasteiger partial charge in [-0.15, -0.1) is 0 Å². The minimum atomic E-state index is 0.251. The molecule has 1 aliphatic heterocycles. The van der Waals surface area contributed by atoms with Gasteiger partial charge in [-0.3, -0.25) is 4.79 Å². The van der Waals surface area contributed by atoms with E-state index in [2.05, 4.69) is 11.9 Å². The van der Waals surface area contributed by atoms with Crippen LogP contribution < -0.4 is 0 Å². The van der Waals surface area contributed by atoms with Gasteiger partial charge in [-0.2, -0.15) is 0 Å². The molecule has 3 nitrogen and oxygen atoms in total. The van der Waals surface area contributed by atoms with Crippen LogP contribution in [0.25, 0.3) is 0 Å². The standard InChI is InChI=1S/C9H17NO2/c1-10-5-3-8(4-6-10)9(11)7-12-2/h8H,3-7H2,1-2H3. The number of ketones is 1. The van der Waals surface area contributed by atoms with Crippen molar-refractivity contribution in [3.8, 4) is 0 Å². The highest BCUT2D eigenvalue weighted by atomic mass is 16.5. The highest BCUT2D eigenvalue weighted by Crippen LogP contribution is 2.16. The van der Waals surface area contributed by atoms with Crippen molar-refractivity contribution in [1.29, 1.82) is 0 Å². The van der Waals surface area contributed by atoms with E-state index >= 15 is 0 Å². The molecular formula is C9H17NO2. The average molecular weight is 171 g/mol. The average Bonchev–Trinajstić information content (AvgIpc) is 2.06. The van der Waals surface area contributed by atoms with E-state index in [1.165, 1.54) is 0 Å². The summed E-state index contributed by atoms with van der Waals surface area (Å²) in [6.45, 7) is 2.37. The van der Waals surface area contributed by atoms with Crippen molar-refractivity contribution in [3.05, 3.63) is 0 Å². The second-order valence-electron chi connectivity index (χ2n) is 3.48. The Morgan fingerprint density at radius 1 is 1.50 bits per heavy atom. The maximum atomic E-state index is 11.4. The van der Waals surface area contributed by atoms with Gasteiger partial charge in [0.05, 0.1) is 0 Å². The zero-order valence-electron chi connectivity index (χ0n) is 7.88. The summed E-state index contributed by atoms with van der Waals surface area (Å²) in [7, 11) is 3.67. The SMILES string of the molecule is COCC(=O)C1CCN(C)CC1. The Labute approximate surface area is 73.7 Å². The van der Waals surface area contributed by atoms with Gasteiger partial charge in [0, 0.05) is 13.0 Å². The van der Waals surface area contributed by atoms with Gasteiger partial charge in [0.25, 0.3) is 0 Å². The third-order valence-corrected chi connectivity index (χ3v) is 2.46. The molecule has 0 spiro atoms. The minimum absolute atomic E-state index is 0.251. The van der Waals surface area contributed by atoms with Gasteiger partial charge in [-0.25, -0.2) is 0 Å². The normalized spacial score (nSPS) is 21.2. The number of hydrogen-bond acceptors (Lipinski definition) is 3. The van der Waals surface area contributed by atoms with Crippen molar-refractivity contribution in [2.45, 2.75) is 12.8 Å². The third-order valence-electron chi connectivity index (χ3n) is 2.46. The van der Waals surface area contributed by atoms with Crippen molar-refractivity contribution in [2.75, 3.05) is 33.9 Å². The summed E-state index contributed by atoms with van der Waals surface area (Å²) in [5.41, 5.74) is 0. The molecule has 1 saturated heterocycles. The fourth-order valence-electron chi connectivity index (χ4n) is 1.59. The quantitative estimate of drug-likeness (QED) is 0.621. The van der Waals surface area contributed by atoms with Crippen molar-refractivity contribution < 1.29 is 9.53 Å². The Morgan fingerprint density at radius 2 is 2.08 bits per heavy atom. The fourth-order valence-corrected chi connectivity index (χ4v) is 1.59. The molecule has 0 atom stereocenters. The second-order valence-corrected chi connectivity index (χ2v) is 3.48. The Kier molecular flexibility index (Phi) is 3.69. The molecule has 3 heteroatoms. The van der Waals surface area contributed by atoms with Crippen molar-refractivity contribution in [3.63, 3.8) is 0 Å². The first kappa shape index (κ1) is 9.68. The number of carbonyl (C=O) groups excluding carboxylic acids is 1. The number of carbonyl (C=O) groups is 1. The zero-order chi connectivity index (χ0) is 8.97. The van der Waals surface area contributed by atoms with Crippen LogP contribution in [0.1, 0.15) is 12.8 Å². The Bertz CT molecular complexity index is 151. The molecule has 0 radical (unpaired) electrons. The van der Waals surface area contributed by atoms with E-state index in [1.54, 1.807) is 7.11 Å². The largest absolute Gasteiger partial charge is 0.377 e. The first-order chi connectivity index (χ1) is 5.74. The molecule has 0 aliphatic carbocycles. The zero-order valence-corrected chi connectivity index (χ0v) is 7.88. The summed E-state index contributed by atoms with van der Waals surface area (Å²) in [6, 6.07) is 0. The first-order valence-electron chi connectivity index (χ1n) is 4.44. The molecular weight excluding hydrogens is 154 g/mol. The van der Waals surface area contributed by atoms with Crippen molar-refractivity contribution >= 4 is 5.78 Å². The van der Waals surface area contributed by atoms with Crippen LogP contribution in [0.5, 0.6) is 0 Å². The molecule has 0 saturated carbocycles. The number of piperidine rings is 1. The lowest BCUT2D eigenvalue weighted by Crippen LogP contribution is -2.34. The molecule has 0 amide bonds. The van der Waals surface area contributed by atoms with E-state index in [1.807, 2.05) is 0 Å². The highest BCUT2D eigenvalue weighted by molar-refractivity contribution is 5.82. The number of ether oxygens (including phenoxy) is 1. The van der Waals surface area contributed by atoms with Gasteiger partial charge in [-0.05, 0) is 33.0 Å². The predicted octanol–water partition coefficient (Wildman–Crippen LogP) is 0.544. The molecule has 1 heterocycles. The molecule has 1 rings (SSSR count). The number of hydrogen-bond donors (Lipinski definition) is 0. The van der Waals surface area contributed by atoms with Crippen LogP contribution >= 0.6 is 0 Å². The predicted molar refractivity (Wildman–Crippen MR) is 47.1 cm³/mol. The van der Waals surface area contributed by atoms with E-state index in [9.17, 15) is 4.79 Å². The number of likely N-dealkylation sites (tertiary alicyclic amines) is 1. The lowest BCUT2D eigenvalue weighted by Gasteiger charge is -2.27. The van der Waals surface area contributed by atoms with Crippen LogP contribution in [-0.4, -0.2) is 44.5 Å². The summed E-state index contributed by atoms with van der Waals surface area (Å²) >= 11 is 0. The lowest BCUT2D eigenvalue weighted by atomic mass is 9.93. The number of rotatable bonds is 3. The summed E-state index contributed by atoms with van der Waals surface area (Å²) in [6.07, 6.45) is 2.00. The van der Waals surface area contributed by atoms with Crippen LogP contribution in [0, 0.1) is 5.92 Å². The van der Waals surface area contributed by atoms with Crippen LogP contribution in [0.15, 0.2) is 0 Å². The van der Waals surface area contributed by atoms with Crippen LogP contribution in [0.4, 0.5) is 0 Å². The maximum Gasteiger partial charge on any atom is 0.161 e. The first-order valence-corrected chi connectivity index (χ1v) is 4.44. The molecule has 0 unspecified atom stereocenters. The number of Topliss-reactive ketones (excluding diaryl/α,β-unsaturated/α-hetero) is 1. The second kappa shape index (κ2) is 4.58. The van der Waals surface area contributed by atoms with Gasteiger partial charge in [-0.1, -0.05) is 0 Å². The molecule has 1 fully saturated rings. The van der Waals surface area contributed by atoms with Gasteiger partial charge in [0.2, 0.25) is 0 Å². The molecule has 12 heavy (non-hydrogen) atoms. The van der Waals surface area contributed by atoms with E-state index < -0.39 is 0 Å². The maximum absolute atomic E-state index is 11.4. The van der Waals surface area contributed by atoms with E-state index in [4.69, 9.17) is 4.74 Å².